The zero-order valence-corrected chi connectivity index (χ0v) is 11.6. The fraction of sp³-hybridized carbons (Fsp3) is 0.400. The molecule has 0 fully saturated rings. The van der Waals surface area contributed by atoms with Crippen LogP contribution in [0.2, 0.25) is 0 Å². The highest BCUT2D eigenvalue weighted by Crippen LogP contribution is 2.27. The second-order valence-corrected chi connectivity index (χ2v) is 5.15. The number of nitrogens with two attached hydrogens (primary N) is 1. The molecule has 2 N–H and O–H groups in total. The molecule has 0 unspecified atom stereocenters. The molecule has 0 saturated heterocycles. The minimum atomic E-state index is 0.897. The molecule has 2 aromatic rings. The van der Waals surface area contributed by atoms with Crippen LogP contribution in [0.1, 0.15) is 23.7 Å². The highest BCUT2D eigenvalue weighted by molar-refractivity contribution is 5.54. The monoisotopic (exact) mass is 256 g/mol. The van der Waals surface area contributed by atoms with Crippen molar-refractivity contribution in [1.29, 1.82) is 0 Å². The maximum Gasteiger partial charge on any atom is 0.205 e. The molecule has 0 atom stereocenters. The highest BCUT2D eigenvalue weighted by atomic mass is 15.3. The van der Waals surface area contributed by atoms with E-state index in [0.29, 0.717) is 0 Å². The number of aromatic nitrogens is 2. The van der Waals surface area contributed by atoms with Crippen LogP contribution in [-0.4, -0.2) is 16.1 Å². The number of nitrogen functional groups attached to an aromatic ring is 1. The second kappa shape index (κ2) is 4.61. The van der Waals surface area contributed by atoms with Gasteiger partial charge < -0.3 is 15.2 Å². The van der Waals surface area contributed by atoms with E-state index in [-0.39, 0.29) is 0 Å². The Morgan fingerprint density at radius 3 is 2.95 bits per heavy atom. The molecule has 0 bridgehead atoms. The van der Waals surface area contributed by atoms with Gasteiger partial charge in [0.2, 0.25) is 5.95 Å². The number of imidazole rings is 1. The topological polar surface area (TPSA) is 47.1 Å². The van der Waals surface area contributed by atoms with Crippen molar-refractivity contribution in [3.05, 3.63) is 41.2 Å². The van der Waals surface area contributed by atoms with Crippen molar-refractivity contribution in [3.8, 4) is 0 Å². The average molecular weight is 256 g/mol. The molecule has 100 valence electrons. The summed E-state index contributed by atoms with van der Waals surface area (Å²) in [6, 6.07) is 6.19. The molecule has 3 rings (SSSR count). The lowest BCUT2D eigenvalue weighted by molar-refractivity contribution is 0.689. The van der Waals surface area contributed by atoms with E-state index >= 15 is 0 Å². The van der Waals surface area contributed by atoms with Crippen molar-refractivity contribution in [2.24, 2.45) is 7.05 Å². The SMILES string of the molecule is CCc1cn(C)c(N2CCc3c(N)cccc3C2)n1. The summed E-state index contributed by atoms with van der Waals surface area (Å²) in [4.78, 5) is 7.04. The first-order chi connectivity index (χ1) is 9.19. The number of rotatable bonds is 2. The Bertz CT molecular complexity index is 600. The second-order valence-electron chi connectivity index (χ2n) is 5.15. The van der Waals surface area contributed by atoms with E-state index in [2.05, 4.69) is 35.7 Å². The first kappa shape index (κ1) is 12.1. The number of hydrogen-bond acceptors (Lipinski definition) is 3. The van der Waals surface area contributed by atoms with Crippen LogP contribution in [0.3, 0.4) is 0 Å². The Morgan fingerprint density at radius 2 is 2.21 bits per heavy atom. The molecule has 4 heteroatoms. The fourth-order valence-electron chi connectivity index (χ4n) is 2.79. The molecule has 0 radical (unpaired) electrons. The lowest BCUT2D eigenvalue weighted by atomic mass is 9.98. The smallest absolute Gasteiger partial charge is 0.205 e. The van der Waals surface area contributed by atoms with Gasteiger partial charge in [-0.1, -0.05) is 19.1 Å². The number of aryl methyl sites for hydroxylation is 2. The summed E-state index contributed by atoms with van der Waals surface area (Å²) in [5.74, 6) is 1.06. The van der Waals surface area contributed by atoms with Crippen LogP contribution < -0.4 is 10.6 Å². The van der Waals surface area contributed by atoms with Crippen LogP contribution in [0.5, 0.6) is 0 Å². The number of fused-ring (bicyclic) bond motifs is 1. The van der Waals surface area contributed by atoms with E-state index in [1.54, 1.807) is 0 Å². The van der Waals surface area contributed by atoms with Gasteiger partial charge in [-0.05, 0) is 30.0 Å². The van der Waals surface area contributed by atoms with E-state index in [9.17, 15) is 0 Å². The molecule has 0 saturated carbocycles. The van der Waals surface area contributed by atoms with Gasteiger partial charge in [-0.3, -0.25) is 0 Å². The third-order valence-corrected chi connectivity index (χ3v) is 3.85. The van der Waals surface area contributed by atoms with Crippen LogP contribution >= 0.6 is 0 Å². The summed E-state index contributed by atoms with van der Waals surface area (Å²) in [5, 5.41) is 0. The van der Waals surface area contributed by atoms with Crippen LogP contribution in [0.15, 0.2) is 24.4 Å². The van der Waals surface area contributed by atoms with Crippen LogP contribution in [0.25, 0.3) is 0 Å². The van der Waals surface area contributed by atoms with Crippen LogP contribution in [0, 0.1) is 0 Å². The predicted molar refractivity (Wildman–Crippen MR) is 78.2 cm³/mol. The first-order valence-corrected chi connectivity index (χ1v) is 6.82. The van der Waals surface area contributed by atoms with Gasteiger partial charge in [0, 0.05) is 32.0 Å². The third-order valence-electron chi connectivity index (χ3n) is 3.85. The largest absolute Gasteiger partial charge is 0.398 e. The Morgan fingerprint density at radius 1 is 1.37 bits per heavy atom. The van der Waals surface area contributed by atoms with E-state index in [1.165, 1.54) is 11.1 Å². The lowest BCUT2D eigenvalue weighted by Crippen LogP contribution is -2.32. The summed E-state index contributed by atoms with van der Waals surface area (Å²) in [6.07, 6.45) is 4.09. The Kier molecular flexibility index (Phi) is 2.93. The summed E-state index contributed by atoms with van der Waals surface area (Å²) < 4.78 is 2.12. The van der Waals surface area contributed by atoms with Crippen molar-refractivity contribution in [2.75, 3.05) is 17.2 Å². The Labute approximate surface area is 113 Å². The number of nitrogens with zero attached hydrogens (tertiary/aromatic N) is 3. The van der Waals surface area contributed by atoms with Crippen molar-refractivity contribution in [3.63, 3.8) is 0 Å². The molecule has 2 heterocycles. The highest BCUT2D eigenvalue weighted by Gasteiger charge is 2.21. The number of hydrogen-bond donors (Lipinski definition) is 1. The molecular weight excluding hydrogens is 236 g/mol. The third kappa shape index (κ3) is 2.07. The fourth-order valence-corrected chi connectivity index (χ4v) is 2.79. The van der Waals surface area contributed by atoms with Crippen molar-refractivity contribution >= 4 is 11.6 Å². The van der Waals surface area contributed by atoms with E-state index in [0.717, 1.165) is 43.3 Å². The van der Waals surface area contributed by atoms with Gasteiger partial charge in [0.15, 0.2) is 0 Å². The molecule has 0 aliphatic carbocycles. The molecule has 1 aliphatic heterocycles. The van der Waals surface area contributed by atoms with Crippen molar-refractivity contribution in [1.82, 2.24) is 9.55 Å². The molecular formula is C15H20N4. The predicted octanol–water partition coefficient (Wildman–Crippen LogP) is 2.13. The molecule has 0 spiro atoms. The molecule has 1 aliphatic rings. The van der Waals surface area contributed by atoms with E-state index in [1.807, 2.05) is 12.1 Å². The minimum Gasteiger partial charge on any atom is -0.398 e. The maximum atomic E-state index is 6.04. The lowest BCUT2D eigenvalue weighted by Gasteiger charge is -2.30. The zero-order chi connectivity index (χ0) is 13.4. The minimum absolute atomic E-state index is 0.897. The van der Waals surface area contributed by atoms with Crippen LogP contribution in [-0.2, 0) is 26.4 Å². The molecule has 4 nitrogen and oxygen atoms in total. The molecule has 1 aromatic heterocycles. The van der Waals surface area contributed by atoms with Gasteiger partial charge in [0.25, 0.3) is 0 Å². The quantitative estimate of drug-likeness (QED) is 0.837. The van der Waals surface area contributed by atoms with Crippen molar-refractivity contribution in [2.45, 2.75) is 26.3 Å². The summed E-state index contributed by atoms with van der Waals surface area (Å²) in [6.45, 7) is 4.02. The summed E-state index contributed by atoms with van der Waals surface area (Å²) in [5.41, 5.74) is 10.7. The van der Waals surface area contributed by atoms with Crippen LogP contribution in [0.4, 0.5) is 11.6 Å². The molecule has 1 aromatic carbocycles. The summed E-state index contributed by atoms with van der Waals surface area (Å²) >= 11 is 0. The average Bonchev–Trinajstić information content (AvgIpc) is 2.80. The standard InChI is InChI=1S/C15H20N4/c1-3-12-10-18(2)15(17-12)19-8-7-13-11(9-19)5-4-6-14(13)16/h4-6,10H,3,7-9,16H2,1-2H3. The van der Waals surface area contributed by atoms with E-state index in [4.69, 9.17) is 10.7 Å². The normalized spacial score (nSPS) is 14.5. The first-order valence-electron chi connectivity index (χ1n) is 6.82. The van der Waals surface area contributed by atoms with Gasteiger partial charge >= 0.3 is 0 Å². The van der Waals surface area contributed by atoms with Crippen molar-refractivity contribution < 1.29 is 0 Å². The number of benzene rings is 1. The van der Waals surface area contributed by atoms with Gasteiger partial charge in [0.05, 0.1) is 5.69 Å². The van der Waals surface area contributed by atoms with Gasteiger partial charge in [-0.15, -0.1) is 0 Å². The number of anilines is 2. The maximum absolute atomic E-state index is 6.04. The Balaban J connectivity index is 1.91. The van der Waals surface area contributed by atoms with Gasteiger partial charge in [-0.2, -0.15) is 0 Å². The van der Waals surface area contributed by atoms with Gasteiger partial charge in [0.1, 0.15) is 0 Å². The zero-order valence-electron chi connectivity index (χ0n) is 11.6. The summed E-state index contributed by atoms with van der Waals surface area (Å²) in [7, 11) is 2.07. The Hall–Kier alpha value is -1.97. The van der Waals surface area contributed by atoms with E-state index < -0.39 is 0 Å². The molecule has 19 heavy (non-hydrogen) atoms. The van der Waals surface area contributed by atoms with Gasteiger partial charge in [-0.25, -0.2) is 4.98 Å². The molecule has 0 amide bonds.